The van der Waals surface area contributed by atoms with Crippen LogP contribution in [0.3, 0.4) is 0 Å². The summed E-state index contributed by atoms with van der Waals surface area (Å²) in [4.78, 5) is 8.67. The van der Waals surface area contributed by atoms with Gasteiger partial charge in [-0.3, -0.25) is 0 Å². The molecule has 0 fully saturated rings. The predicted octanol–water partition coefficient (Wildman–Crippen LogP) is 1.17. The lowest BCUT2D eigenvalue weighted by molar-refractivity contribution is 0.180. The molecule has 0 saturated carbocycles. The maximum Gasteiger partial charge on any atom is 0.217 e. The van der Waals surface area contributed by atoms with Gasteiger partial charge in [-0.2, -0.15) is 0 Å². The fourth-order valence-corrected chi connectivity index (χ4v) is 1.66. The van der Waals surface area contributed by atoms with Crippen LogP contribution in [-0.2, 0) is 4.74 Å². The molecule has 0 saturated heterocycles. The summed E-state index contributed by atoms with van der Waals surface area (Å²) in [5.41, 5.74) is 1.78. The number of rotatable bonds is 1. The minimum atomic E-state index is -0.274. The second-order valence-corrected chi connectivity index (χ2v) is 3.56. The zero-order chi connectivity index (χ0) is 10.8. The number of hydrogen-bond donors (Lipinski definition) is 0. The smallest absolute Gasteiger partial charge is 0.217 e. The molecule has 0 aliphatic carbocycles. The highest BCUT2D eigenvalue weighted by molar-refractivity contribution is 5.22. The number of hydrogen-bond acceptors (Lipinski definition) is 3. The van der Waals surface area contributed by atoms with Crippen LogP contribution in [0.5, 0.6) is 0 Å². The molecule has 2 aromatic rings. The molecule has 3 heteroatoms. The van der Waals surface area contributed by atoms with Crippen molar-refractivity contribution in [3.05, 3.63) is 64.9 Å². The van der Waals surface area contributed by atoms with Gasteiger partial charge < -0.3 is 4.74 Å². The van der Waals surface area contributed by atoms with Gasteiger partial charge in [0.15, 0.2) is 5.49 Å². The van der Waals surface area contributed by atoms with Crippen molar-refractivity contribution in [2.75, 3.05) is 0 Å². The van der Waals surface area contributed by atoms with Gasteiger partial charge in [0.2, 0.25) is 6.23 Å². The molecule has 0 spiro atoms. The highest BCUT2D eigenvalue weighted by Crippen LogP contribution is 2.18. The van der Waals surface area contributed by atoms with E-state index in [1.165, 1.54) is 0 Å². The topological polar surface area (TPSA) is 34.5 Å². The molecule has 3 nitrogen and oxygen atoms in total. The second kappa shape index (κ2) is 3.77. The number of fused-ring (bicyclic) bond motifs is 1. The number of pyridine rings is 1. The molecule has 3 rings (SSSR count). The summed E-state index contributed by atoms with van der Waals surface area (Å²) < 4.78 is 5.56. The number of ether oxygens (including phenoxy) is 1. The Morgan fingerprint density at radius 1 is 1.00 bits per heavy atom. The molecule has 1 atom stereocenters. The van der Waals surface area contributed by atoms with Crippen molar-refractivity contribution in [2.24, 2.45) is 4.99 Å². The van der Waals surface area contributed by atoms with Gasteiger partial charge in [0, 0.05) is 11.8 Å². The number of benzene rings is 1. The largest absolute Gasteiger partial charge is 0.471 e. The van der Waals surface area contributed by atoms with E-state index in [0.29, 0.717) is 0 Å². The van der Waals surface area contributed by atoms with Crippen LogP contribution in [0.15, 0.2) is 53.7 Å². The van der Waals surface area contributed by atoms with Crippen molar-refractivity contribution < 1.29 is 4.74 Å². The van der Waals surface area contributed by atoms with Crippen molar-refractivity contribution in [1.29, 1.82) is 0 Å². The first-order valence-corrected chi connectivity index (χ1v) is 5.13. The van der Waals surface area contributed by atoms with Crippen molar-refractivity contribution >= 4 is 6.26 Å². The number of aromatic nitrogens is 1. The molecule has 0 N–H and O–H groups in total. The van der Waals surface area contributed by atoms with E-state index in [1.807, 2.05) is 42.5 Å². The minimum Gasteiger partial charge on any atom is -0.471 e. The van der Waals surface area contributed by atoms with Crippen LogP contribution < -0.4 is 10.7 Å². The Morgan fingerprint density at radius 2 is 1.88 bits per heavy atom. The third-order valence-corrected chi connectivity index (χ3v) is 2.47. The van der Waals surface area contributed by atoms with E-state index in [1.54, 1.807) is 12.5 Å². The SMILES string of the molecule is C1=c2cccnc2=NC(c2ccccc2)O1. The molecular formula is C13H10N2O. The van der Waals surface area contributed by atoms with Crippen LogP contribution in [0.25, 0.3) is 6.26 Å². The quantitative estimate of drug-likeness (QED) is 0.708. The van der Waals surface area contributed by atoms with Gasteiger partial charge >= 0.3 is 0 Å². The van der Waals surface area contributed by atoms with Crippen LogP contribution >= 0.6 is 0 Å². The van der Waals surface area contributed by atoms with Crippen molar-refractivity contribution in [1.82, 2.24) is 4.98 Å². The zero-order valence-electron chi connectivity index (χ0n) is 8.58. The molecule has 0 bridgehead atoms. The molecule has 1 unspecified atom stereocenters. The first kappa shape index (κ1) is 9.09. The molecule has 1 aliphatic rings. The summed E-state index contributed by atoms with van der Waals surface area (Å²) in [6, 6.07) is 13.7. The van der Waals surface area contributed by atoms with E-state index in [-0.39, 0.29) is 6.23 Å². The van der Waals surface area contributed by atoms with Crippen LogP contribution in [-0.4, -0.2) is 4.98 Å². The Balaban J connectivity index is 2.08. The molecule has 1 aromatic carbocycles. The average Bonchev–Trinajstić information content (AvgIpc) is 2.39. The Hall–Kier alpha value is -2.16. The maximum absolute atomic E-state index is 5.56. The summed E-state index contributed by atoms with van der Waals surface area (Å²) in [6.45, 7) is 0. The fraction of sp³-hybridized carbons (Fsp3) is 0.0769. The lowest BCUT2D eigenvalue weighted by atomic mass is 10.2. The highest BCUT2D eigenvalue weighted by Gasteiger charge is 2.11. The Morgan fingerprint density at radius 3 is 2.75 bits per heavy atom. The average molecular weight is 210 g/mol. The minimum absolute atomic E-state index is 0.274. The van der Waals surface area contributed by atoms with Crippen LogP contribution in [0.4, 0.5) is 0 Å². The third-order valence-electron chi connectivity index (χ3n) is 2.47. The Labute approximate surface area is 92.8 Å². The third kappa shape index (κ3) is 1.56. The predicted molar refractivity (Wildman–Crippen MR) is 59.8 cm³/mol. The standard InChI is InChI=1S/C13H10N2O/c1-2-5-10(6-3-1)13-15-12-11(9-16-13)7-4-8-14-12/h1-9,13H. The molecule has 2 heterocycles. The molecule has 0 amide bonds. The normalized spacial score (nSPS) is 17.6. The maximum atomic E-state index is 5.56. The molecule has 1 aromatic heterocycles. The first-order valence-electron chi connectivity index (χ1n) is 5.13. The van der Waals surface area contributed by atoms with E-state index in [4.69, 9.17) is 4.74 Å². The molecule has 78 valence electrons. The van der Waals surface area contributed by atoms with Crippen molar-refractivity contribution in [3.63, 3.8) is 0 Å². The van der Waals surface area contributed by atoms with Gasteiger partial charge in [0.05, 0.1) is 11.5 Å². The van der Waals surface area contributed by atoms with E-state index in [0.717, 1.165) is 16.3 Å². The summed E-state index contributed by atoms with van der Waals surface area (Å²) in [5, 5.41) is 0.926. The van der Waals surface area contributed by atoms with E-state index in [9.17, 15) is 0 Å². The van der Waals surface area contributed by atoms with Gasteiger partial charge in [-0.15, -0.1) is 0 Å². The highest BCUT2D eigenvalue weighted by atomic mass is 16.5. The first-order chi connectivity index (χ1) is 7.93. The fourth-order valence-electron chi connectivity index (χ4n) is 1.66. The van der Waals surface area contributed by atoms with E-state index < -0.39 is 0 Å². The molecular weight excluding hydrogens is 200 g/mol. The second-order valence-electron chi connectivity index (χ2n) is 3.56. The van der Waals surface area contributed by atoms with Crippen LogP contribution in [0.2, 0.25) is 0 Å². The summed E-state index contributed by atoms with van der Waals surface area (Å²) in [7, 11) is 0. The Bertz CT molecular complexity index is 607. The van der Waals surface area contributed by atoms with Crippen molar-refractivity contribution in [3.8, 4) is 0 Å². The van der Waals surface area contributed by atoms with E-state index in [2.05, 4.69) is 9.98 Å². The summed E-state index contributed by atoms with van der Waals surface area (Å²) in [5.74, 6) is 0. The molecule has 1 aliphatic heterocycles. The summed E-state index contributed by atoms with van der Waals surface area (Å²) in [6.07, 6.45) is 3.18. The Kier molecular flexibility index (Phi) is 2.14. The molecule has 16 heavy (non-hydrogen) atoms. The lowest BCUT2D eigenvalue weighted by Gasteiger charge is -2.14. The van der Waals surface area contributed by atoms with Crippen LogP contribution in [0.1, 0.15) is 11.8 Å². The van der Waals surface area contributed by atoms with Gasteiger partial charge in [-0.05, 0) is 12.1 Å². The van der Waals surface area contributed by atoms with Crippen molar-refractivity contribution in [2.45, 2.75) is 6.23 Å². The summed E-state index contributed by atoms with van der Waals surface area (Å²) >= 11 is 0. The molecule has 0 radical (unpaired) electrons. The van der Waals surface area contributed by atoms with Gasteiger partial charge in [-0.25, -0.2) is 9.98 Å². The van der Waals surface area contributed by atoms with E-state index >= 15 is 0 Å². The lowest BCUT2D eigenvalue weighted by Crippen LogP contribution is -2.32. The van der Waals surface area contributed by atoms with Gasteiger partial charge in [-0.1, -0.05) is 30.3 Å². The number of nitrogens with zero attached hydrogens (tertiary/aromatic N) is 2. The van der Waals surface area contributed by atoms with Crippen LogP contribution in [0, 0.1) is 0 Å². The monoisotopic (exact) mass is 210 g/mol. The van der Waals surface area contributed by atoms with Gasteiger partial charge in [0.25, 0.3) is 0 Å². The zero-order valence-corrected chi connectivity index (χ0v) is 8.58. The van der Waals surface area contributed by atoms with Gasteiger partial charge in [0.1, 0.15) is 0 Å².